The number of benzene rings is 1. The molecule has 3 heterocycles. The first-order valence-corrected chi connectivity index (χ1v) is 13.9. The minimum atomic E-state index is -0.928. The van der Waals surface area contributed by atoms with Gasteiger partial charge in [-0.25, -0.2) is 0 Å². The van der Waals surface area contributed by atoms with Crippen LogP contribution < -0.4 is 5.56 Å². The average molecular weight is 515 g/mol. The predicted molar refractivity (Wildman–Crippen MR) is 149 cm³/mol. The molecule has 2 aliphatic heterocycles. The fraction of sp³-hybridized carbons (Fsp3) is 0.531. The number of hydrogen-bond donors (Lipinski definition) is 3. The molecule has 2 bridgehead atoms. The third-order valence-corrected chi connectivity index (χ3v) is 11.2. The summed E-state index contributed by atoms with van der Waals surface area (Å²) in [4.78, 5) is 17.1. The quantitative estimate of drug-likeness (QED) is 0.560. The second-order valence-electron chi connectivity index (χ2n) is 13.3. The van der Waals surface area contributed by atoms with Gasteiger partial charge in [0.2, 0.25) is 0 Å². The van der Waals surface area contributed by atoms with E-state index in [1.54, 1.807) is 6.20 Å². The van der Waals surface area contributed by atoms with E-state index >= 15 is 0 Å². The lowest BCUT2D eigenvalue weighted by Gasteiger charge is -2.60. The fourth-order valence-corrected chi connectivity index (χ4v) is 8.87. The Labute approximate surface area is 223 Å². The van der Waals surface area contributed by atoms with E-state index in [1.807, 2.05) is 31.1 Å². The van der Waals surface area contributed by atoms with Crippen LogP contribution in [0.3, 0.4) is 0 Å². The maximum Gasteiger partial charge on any atom is 0.255 e. The van der Waals surface area contributed by atoms with E-state index < -0.39 is 23.4 Å². The van der Waals surface area contributed by atoms with Crippen molar-refractivity contribution in [3.63, 3.8) is 0 Å². The zero-order chi connectivity index (χ0) is 26.8. The van der Waals surface area contributed by atoms with Gasteiger partial charge < -0.3 is 24.8 Å². The molecule has 6 heteroatoms. The number of likely N-dealkylation sites (N-methyl/N-ethyl adjacent to an activating group) is 1. The summed E-state index contributed by atoms with van der Waals surface area (Å²) in [5.41, 5.74) is 3.12. The number of aromatic amines is 1. The molecule has 0 radical (unpaired) electrons. The molecule has 3 N–H and O–H groups in total. The molecular weight excluding hydrogens is 476 g/mol. The largest absolute Gasteiger partial charge is 0.388 e. The van der Waals surface area contributed by atoms with Crippen molar-refractivity contribution in [1.82, 2.24) is 9.88 Å². The molecule has 1 saturated heterocycles. The Morgan fingerprint density at radius 3 is 2.66 bits per heavy atom. The van der Waals surface area contributed by atoms with Crippen LogP contribution in [-0.2, 0) is 4.74 Å². The molecule has 3 aliphatic carbocycles. The van der Waals surface area contributed by atoms with Crippen molar-refractivity contribution in [3.8, 4) is 0 Å². The summed E-state index contributed by atoms with van der Waals surface area (Å²) >= 11 is 0. The Balaban J connectivity index is 1.36. The van der Waals surface area contributed by atoms with Gasteiger partial charge >= 0.3 is 0 Å². The first-order valence-electron chi connectivity index (χ1n) is 13.9. The number of aliphatic hydroxyl groups excluding tert-OH is 2. The summed E-state index contributed by atoms with van der Waals surface area (Å²) in [7, 11) is 3.94. The van der Waals surface area contributed by atoms with Crippen LogP contribution in [0.25, 0.3) is 16.3 Å². The molecular formula is C32H38N2O4. The number of pyridine rings is 1. The highest BCUT2D eigenvalue weighted by molar-refractivity contribution is 5.87. The Bertz CT molecular complexity index is 1510. The molecule has 0 amide bonds. The van der Waals surface area contributed by atoms with Crippen LogP contribution in [0.2, 0.25) is 0 Å². The van der Waals surface area contributed by atoms with Crippen LogP contribution in [-0.4, -0.2) is 63.6 Å². The van der Waals surface area contributed by atoms with Crippen LogP contribution in [0, 0.1) is 16.7 Å². The molecule has 2 fully saturated rings. The van der Waals surface area contributed by atoms with E-state index in [9.17, 15) is 15.0 Å². The highest BCUT2D eigenvalue weighted by Gasteiger charge is 2.70. The summed E-state index contributed by atoms with van der Waals surface area (Å²) < 4.78 is 7.31. The van der Waals surface area contributed by atoms with Crippen molar-refractivity contribution in [2.45, 2.75) is 75.9 Å². The molecule has 200 valence electrons. The lowest BCUT2D eigenvalue weighted by molar-refractivity contribution is -0.170. The van der Waals surface area contributed by atoms with Gasteiger partial charge in [-0.15, -0.1) is 0 Å². The molecule has 7 rings (SSSR count). The Hall–Kier alpha value is -2.51. The second-order valence-corrected chi connectivity index (χ2v) is 13.3. The Morgan fingerprint density at radius 1 is 1.11 bits per heavy atom. The van der Waals surface area contributed by atoms with Gasteiger partial charge in [0, 0.05) is 29.0 Å². The second kappa shape index (κ2) is 7.57. The van der Waals surface area contributed by atoms with Crippen molar-refractivity contribution in [2.24, 2.45) is 16.7 Å². The predicted octanol–water partition coefficient (Wildman–Crippen LogP) is 4.19. The summed E-state index contributed by atoms with van der Waals surface area (Å²) in [6.45, 7) is 7.03. The topological polar surface area (TPSA) is 85.8 Å². The maximum atomic E-state index is 12.3. The minimum Gasteiger partial charge on any atom is -0.388 e. The summed E-state index contributed by atoms with van der Waals surface area (Å²) in [6.07, 6.45) is 10.3. The van der Waals surface area contributed by atoms with E-state index in [1.165, 1.54) is 11.1 Å². The van der Waals surface area contributed by atoms with E-state index in [0.717, 1.165) is 35.8 Å². The standard InChI is InChI=1S/C32H38N2O4/c1-29(2)16-20-15-23-26(35)27(36)24(34(4)5)17-31(23)11-12-32(20,38-31)25-9-8-22(30(25,29)3)19-6-7-21-18(14-19)10-13-33-28(21)37/h6-8,10,13-16,24-27,35-36H,9,11-12,17H2,1-5H3,(H,33,37). The van der Waals surface area contributed by atoms with E-state index in [0.29, 0.717) is 11.8 Å². The maximum absolute atomic E-state index is 12.3. The third-order valence-electron chi connectivity index (χ3n) is 11.2. The van der Waals surface area contributed by atoms with Crippen molar-refractivity contribution < 1.29 is 14.9 Å². The summed E-state index contributed by atoms with van der Waals surface area (Å²) in [5, 5.41) is 23.9. The smallest absolute Gasteiger partial charge is 0.255 e. The molecule has 7 atom stereocenters. The highest BCUT2D eigenvalue weighted by atomic mass is 16.5. The fourth-order valence-electron chi connectivity index (χ4n) is 8.87. The molecule has 1 aromatic carbocycles. The number of aliphatic hydroxyl groups is 2. The monoisotopic (exact) mass is 514 g/mol. The zero-order valence-electron chi connectivity index (χ0n) is 22.9. The third kappa shape index (κ3) is 2.84. The van der Waals surface area contributed by atoms with E-state index in [-0.39, 0.29) is 28.3 Å². The number of nitrogens with zero attached hydrogens (tertiary/aromatic N) is 1. The number of H-pyrrole nitrogens is 1. The van der Waals surface area contributed by atoms with Crippen molar-refractivity contribution in [1.29, 1.82) is 0 Å². The number of nitrogens with one attached hydrogen (secondary N) is 1. The van der Waals surface area contributed by atoms with Gasteiger partial charge in [0.25, 0.3) is 5.56 Å². The number of aromatic nitrogens is 1. The van der Waals surface area contributed by atoms with Crippen molar-refractivity contribution >= 4 is 16.3 Å². The minimum absolute atomic E-state index is 0.0618. The first-order chi connectivity index (χ1) is 17.9. The number of fused-ring (bicyclic) bond motifs is 2. The van der Waals surface area contributed by atoms with Crippen LogP contribution in [0.4, 0.5) is 0 Å². The van der Waals surface area contributed by atoms with Crippen molar-refractivity contribution in [3.05, 3.63) is 75.8 Å². The Kier molecular flexibility index (Phi) is 4.88. The molecule has 1 aromatic heterocycles. The lowest BCUT2D eigenvalue weighted by Crippen LogP contribution is -2.63. The van der Waals surface area contributed by atoms with Gasteiger partial charge in [-0.3, -0.25) is 4.79 Å². The van der Waals surface area contributed by atoms with Crippen LogP contribution in [0.5, 0.6) is 0 Å². The van der Waals surface area contributed by atoms with E-state index in [4.69, 9.17) is 4.74 Å². The van der Waals surface area contributed by atoms with Gasteiger partial charge in [0.1, 0.15) is 6.10 Å². The van der Waals surface area contributed by atoms with Crippen LogP contribution in [0.15, 0.2) is 64.6 Å². The van der Waals surface area contributed by atoms with Gasteiger partial charge in [-0.1, -0.05) is 45.1 Å². The molecule has 38 heavy (non-hydrogen) atoms. The molecule has 2 spiro atoms. The lowest BCUT2D eigenvalue weighted by atomic mass is 9.49. The zero-order valence-corrected chi connectivity index (χ0v) is 22.9. The normalized spacial score (nSPS) is 40.8. The molecule has 6 nitrogen and oxygen atoms in total. The molecule has 5 aliphatic rings. The molecule has 1 saturated carbocycles. The number of allylic oxidation sites excluding steroid dienone is 3. The van der Waals surface area contributed by atoms with Gasteiger partial charge in [-0.05, 0) is 91.1 Å². The van der Waals surface area contributed by atoms with E-state index in [2.05, 4.69) is 56.1 Å². The molecule has 7 unspecified atom stereocenters. The number of hydrogen-bond acceptors (Lipinski definition) is 5. The molecule has 2 aromatic rings. The number of rotatable bonds is 2. The van der Waals surface area contributed by atoms with Crippen molar-refractivity contribution in [2.75, 3.05) is 14.1 Å². The Morgan fingerprint density at radius 2 is 1.89 bits per heavy atom. The van der Waals surface area contributed by atoms with Gasteiger partial charge in [-0.2, -0.15) is 0 Å². The first kappa shape index (κ1) is 24.5. The summed E-state index contributed by atoms with van der Waals surface area (Å²) in [5.74, 6) is 0.244. The van der Waals surface area contributed by atoms with Crippen LogP contribution in [0.1, 0.15) is 52.0 Å². The SMILES string of the molecule is CN(C)C1CC23CCC4(O2)C(=CC(C)(C)C2(C)C(c5ccc6c(=O)[nH]ccc6c5)=CCC42)C=C3C(O)C1O. The summed E-state index contributed by atoms with van der Waals surface area (Å²) in [6, 6.07) is 8.02. The van der Waals surface area contributed by atoms with Gasteiger partial charge in [0.15, 0.2) is 0 Å². The number of ether oxygens (including phenoxy) is 1. The highest BCUT2D eigenvalue weighted by Crippen LogP contribution is 2.71. The average Bonchev–Trinajstić information content (AvgIpc) is 3.40. The van der Waals surface area contributed by atoms with Crippen LogP contribution >= 0.6 is 0 Å². The van der Waals surface area contributed by atoms with Gasteiger partial charge in [0.05, 0.1) is 17.3 Å².